The Morgan fingerprint density at radius 1 is 1.00 bits per heavy atom. The van der Waals surface area contributed by atoms with Gasteiger partial charge in [-0.2, -0.15) is 26.3 Å². The summed E-state index contributed by atoms with van der Waals surface area (Å²) in [6.45, 7) is 1.60. The minimum absolute atomic E-state index is 0.0190. The fraction of sp³-hybridized carbons (Fsp3) is 0.455. The highest BCUT2D eigenvalue weighted by atomic mass is 19.4. The third kappa shape index (κ3) is 6.86. The van der Waals surface area contributed by atoms with E-state index in [0.29, 0.717) is 35.4 Å². The quantitative estimate of drug-likeness (QED) is 0.167. The molecule has 0 radical (unpaired) electrons. The Labute approximate surface area is 280 Å². The number of benzene rings is 2. The summed E-state index contributed by atoms with van der Waals surface area (Å²) < 4.78 is 125. The number of amides is 1. The van der Waals surface area contributed by atoms with Crippen molar-refractivity contribution in [3.63, 3.8) is 0 Å². The maximum Gasteiger partial charge on any atom is 0.416 e. The number of cyclic esters (lactones) is 1. The van der Waals surface area contributed by atoms with Gasteiger partial charge in [0, 0.05) is 17.3 Å². The van der Waals surface area contributed by atoms with Gasteiger partial charge in [-0.05, 0) is 67.6 Å². The number of anilines is 1. The molecule has 2 aromatic carbocycles. The van der Waals surface area contributed by atoms with Crippen molar-refractivity contribution in [2.24, 2.45) is 5.92 Å². The predicted molar refractivity (Wildman–Crippen MR) is 159 cm³/mol. The van der Waals surface area contributed by atoms with Crippen molar-refractivity contribution in [1.82, 2.24) is 14.9 Å². The van der Waals surface area contributed by atoms with Crippen LogP contribution in [0.2, 0.25) is 0 Å². The lowest BCUT2D eigenvalue weighted by Gasteiger charge is -2.38. The molecule has 1 amide bonds. The Kier molecular flexibility index (Phi) is 8.83. The van der Waals surface area contributed by atoms with Gasteiger partial charge in [-0.15, -0.1) is 0 Å². The Morgan fingerprint density at radius 2 is 1.66 bits per heavy atom. The van der Waals surface area contributed by atoms with Gasteiger partial charge >= 0.3 is 24.4 Å². The maximum atomic E-state index is 13.8. The third-order valence-electron chi connectivity index (χ3n) is 8.95. The zero-order valence-electron chi connectivity index (χ0n) is 26.7. The molecule has 3 heterocycles. The van der Waals surface area contributed by atoms with Crippen molar-refractivity contribution in [2.45, 2.75) is 63.2 Å². The smallest absolute Gasteiger partial charge is 0.416 e. The second kappa shape index (κ2) is 12.6. The van der Waals surface area contributed by atoms with Crippen molar-refractivity contribution in [3.8, 4) is 16.9 Å². The number of ether oxygens (including phenoxy) is 3. The number of rotatable bonds is 9. The number of halogens is 8. The van der Waals surface area contributed by atoms with Crippen LogP contribution >= 0.6 is 0 Å². The van der Waals surface area contributed by atoms with E-state index in [1.807, 2.05) is 0 Å². The maximum absolute atomic E-state index is 13.8. The number of esters is 1. The minimum Gasteiger partial charge on any atom is -0.496 e. The topological polar surface area (TPSA) is 94.1 Å². The van der Waals surface area contributed by atoms with E-state index in [2.05, 4.69) is 9.97 Å². The molecular formula is C33H30F8N4O5. The Hall–Kier alpha value is -4.70. The third-order valence-corrected chi connectivity index (χ3v) is 8.95. The lowest BCUT2D eigenvalue weighted by molar-refractivity contribution is -0.145. The first kappa shape index (κ1) is 35.1. The van der Waals surface area contributed by atoms with Crippen LogP contribution in [0.15, 0.2) is 42.6 Å². The zero-order valence-corrected chi connectivity index (χ0v) is 26.7. The molecule has 4 atom stereocenters. The van der Waals surface area contributed by atoms with E-state index in [1.54, 1.807) is 25.1 Å². The number of carbonyl (C=O) groups is 2. The van der Waals surface area contributed by atoms with E-state index in [0.717, 1.165) is 10.5 Å². The summed E-state index contributed by atoms with van der Waals surface area (Å²) in [5.41, 5.74) is -2.04. The number of carbonyl (C=O) groups excluding carboxylic acids is 2. The number of hydrogen-bond acceptors (Lipinski definition) is 8. The van der Waals surface area contributed by atoms with Crippen LogP contribution in [-0.4, -0.2) is 65.7 Å². The fourth-order valence-corrected chi connectivity index (χ4v) is 6.26. The second-order valence-corrected chi connectivity index (χ2v) is 12.4. The van der Waals surface area contributed by atoms with E-state index in [1.165, 1.54) is 25.1 Å². The van der Waals surface area contributed by atoms with Gasteiger partial charge in [-0.1, -0.05) is 6.07 Å². The van der Waals surface area contributed by atoms with Crippen LogP contribution < -0.4 is 9.64 Å². The first-order valence-corrected chi connectivity index (χ1v) is 15.5. The molecule has 1 unspecified atom stereocenters. The molecule has 3 aliphatic rings. The van der Waals surface area contributed by atoms with E-state index in [9.17, 15) is 44.7 Å². The highest BCUT2D eigenvalue weighted by Gasteiger charge is 2.47. The first-order valence-electron chi connectivity index (χ1n) is 15.5. The molecule has 1 aromatic heterocycles. The Bertz CT molecular complexity index is 1780. The van der Waals surface area contributed by atoms with Crippen LogP contribution in [0.5, 0.6) is 5.75 Å². The zero-order chi connectivity index (χ0) is 36.3. The lowest BCUT2D eigenvalue weighted by Crippen LogP contribution is -2.57. The molecular weight excluding hydrogens is 684 g/mol. The van der Waals surface area contributed by atoms with E-state index < -0.39 is 66.3 Å². The molecule has 0 N–H and O–H groups in total. The molecule has 1 saturated carbocycles. The normalized spacial score (nSPS) is 23.0. The highest BCUT2D eigenvalue weighted by molar-refractivity contribution is 5.79. The molecule has 9 nitrogen and oxygen atoms in total. The molecule has 0 bridgehead atoms. The molecule has 2 saturated heterocycles. The lowest BCUT2D eigenvalue weighted by atomic mass is 9.96. The SMILES string of the molecule is CCOC(=O)[C@H]1CC1c1ccc(OC)c(-c2cnc(N3CC(F)(F)C3)nc2CN2C(=O)O[C@H](c3cc(C(F)(F)F)cc(C(F)(F)F)c3)[C@@H]2C)c1. The predicted octanol–water partition coefficient (Wildman–Crippen LogP) is 7.39. The van der Waals surface area contributed by atoms with Gasteiger partial charge in [0.25, 0.3) is 5.92 Å². The van der Waals surface area contributed by atoms with Gasteiger partial charge in [-0.3, -0.25) is 9.69 Å². The van der Waals surface area contributed by atoms with Gasteiger partial charge in [0.05, 0.1) is 62.1 Å². The molecule has 3 aromatic rings. The second-order valence-electron chi connectivity index (χ2n) is 12.4. The minimum atomic E-state index is -5.12. The van der Waals surface area contributed by atoms with Crippen molar-refractivity contribution in [3.05, 3.63) is 70.5 Å². The van der Waals surface area contributed by atoms with Crippen LogP contribution in [0.4, 0.5) is 45.9 Å². The summed E-state index contributed by atoms with van der Waals surface area (Å²) in [4.78, 5) is 36.6. The van der Waals surface area contributed by atoms with Gasteiger partial charge < -0.3 is 19.1 Å². The molecule has 2 aliphatic heterocycles. The molecule has 6 rings (SSSR count). The molecule has 17 heteroatoms. The summed E-state index contributed by atoms with van der Waals surface area (Å²) >= 11 is 0. The number of hydrogen-bond donors (Lipinski definition) is 0. The van der Waals surface area contributed by atoms with Crippen molar-refractivity contribution in [1.29, 1.82) is 0 Å². The van der Waals surface area contributed by atoms with Crippen LogP contribution in [-0.2, 0) is 33.2 Å². The van der Waals surface area contributed by atoms with Crippen LogP contribution in [0.25, 0.3) is 11.1 Å². The monoisotopic (exact) mass is 714 g/mol. The van der Waals surface area contributed by atoms with E-state index >= 15 is 0 Å². The van der Waals surface area contributed by atoms with E-state index in [-0.39, 0.29) is 48.7 Å². The molecule has 3 fully saturated rings. The highest BCUT2D eigenvalue weighted by Crippen LogP contribution is 2.50. The van der Waals surface area contributed by atoms with Gasteiger partial charge in [0.15, 0.2) is 0 Å². The average Bonchev–Trinajstić information content (AvgIpc) is 3.79. The van der Waals surface area contributed by atoms with E-state index in [4.69, 9.17) is 14.2 Å². The van der Waals surface area contributed by atoms with Gasteiger partial charge in [-0.25, -0.2) is 23.5 Å². The summed E-state index contributed by atoms with van der Waals surface area (Å²) in [6.07, 6.45) is -10.9. The van der Waals surface area contributed by atoms with Gasteiger partial charge in [0.1, 0.15) is 11.9 Å². The number of methoxy groups -OCH3 is 1. The summed E-state index contributed by atoms with van der Waals surface area (Å²) in [5, 5.41) is 0. The molecule has 0 spiro atoms. The van der Waals surface area contributed by atoms with Crippen molar-refractivity contribution in [2.75, 3.05) is 31.7 Å². The number of aromatic nitrogens is 2. The van der Waals surface area contributed by atoms with Crippen LogP contribution in [0.3, 0.4) is 0 Å². The fourth-order valence-electron chi connectivity index (χ4n) is 6.26. The molecule has 1 aliphatic carbocycles. The van der Waals surface area contributed by atoms with Gasteiger partial charge in [0.2, 0.25) is 5.95 Å². The number of nitrogens with zero attached hydrogens (tertiary/aromatic N) is 4. The first-order chi connectivity index (χ1) is 23.4. The molecule has 50 heavy (non-hydrogen) atoms. The standard InChI is InChI=1S/C33H30F8N4O5/c1-4-49-28(46)23-11-21(23)17-5-6-26(48-3)22(9-17)24-12-42-29(44-14-31(34,35)15-44)43-25(24)13-45-16(2)27(50-30(45)47)18-7-19(32(36,37)38)10-20(8-18)33(39,40)41/h5-10,12,16,21,23,27H,4,11,13-15H2,1-3H3/t16-,21?,23-,27-/m0/s1. The Balaban J connectivity index is 1.37. The Morgan fingerprint density at radius 3 is 2.24 bits per heavy atom. The van der Waals surface area contributed by atoms with Crippen LogP contribution in [0, 0.1) is 5.92 Å². The summed E-state index contributed by atoms with van der Waals surface area (Å²) in [6, 6.07) is 5.07. The largest absolute Gasteiger partial charge is 0.496 e. The number of alkyl halides is 8. The summed E-state index contributed by atoms with van der Waals surface area (Å²) in [5.74, 6) is -3.57. The van der Waals surface area contributed by atoms with Crippen molar-refractivity contribution >= 4 is 18.0 Å². The van der Waals surface area contributed by atoms with Crippen LogP contribution in [0.1, 0.15) is 60.2 Å². The van der Waals surface area contributed by atoms with Crippen molar-refractivity contribution < 1.29 is 58.9 Å². The molecule has 268 valence electrons. The average molecular weight is 715 g/mol. The summed E-state index contributed by atoms with van der Waals surface area (Å²) in [7, 11) is 1.41.